The average Bonchev–Trinajstić information content (AvgIpc) is 2.43. The van der Waals surface area contributed by atoms with Crippen molar-refractivity contribution in [2.75, 3.05) is 19.1 Å². The maximum atomic E-state index is 12.1. The van der Waals surface area contributed by atoms with Gasteiger partial charge in [-0.25, -0.2) is 9.59 Å². The second-order valence-corrected chi connectivity index (χ2v) is 6.01. The number of nitrogens with one attached hydrogen (secondary N) is 1. The van der Waals surface area contributed by atoms with Gasteiger partial charge < -0.3 is 15.3 Å². The van der Waals surface area contributed by atoms with Crippen LogP contribution in [0.25, 0.3) is 0 Å². The van der Waals surface area contributed by atoms with Gasteiger partial charge in [-0.3, -0.25) is 0 Å². The number of nitrogens with zero attached hydrogens (tertiary/aromatic N) is 1. The summed E-state index contributed by atoms with van der Waals surface area (Å²) in [4.78, 5) is 24.8. The van der Waals surface area contributed by atoms with Gasteiger partial charge in [-0.2, -0.15) is 11.8 Å². The predicted molar refractivity (Wildman–Crippen MR) is 77.6 cm³/mol. The molecule has 6 heteroatoms. The molecule has 0 saturated heterocycles. The second kappa shape index (κ2) is 8.30. The lowest BCUT2D eigenvalue weighted by Crippen LogP contribution is -2.50. The molecule has 0 aromatic rings. The standard InChI is InChI=1S/C13H24N2O3S/c1-15(10-6-4-3-5-7-10)13(18)14-11(12(16)17)8-9-19-2/h10-11H,3-9H2,1-2H3,(H,14,18)(H,16,17)/t11-/m1/s1. The lowest BCUT2D eigenvalue weighted by atomic mass is 9.95. The van der Waals surface area contributed by atoms with Crippen molar-refractivity contribution in [1.29, 1.82) is 0 Å². The van der Waals surface area contributed by atoms with Crippen molar-refractivity contribution in [3.8, 4) is 0 Å². The monoisotopic (exact) mass is 288 g/mol. The Morgan fingerprint density at radius 3 is 2.53 bits per heavy atom. The molecule has 0 bridgehead atoms. The molecule has 1 aliphatic carbocycles. The van der Waals surface area contributed by atoms with Crippen molar-refractivity contribution in [1.82, 2.24) is 10.2 Å². The zero-order valence-electron chi connectivity index (χ0n) is 11.7. The van der Waals surface area contributed by atoms with Crippen molar-refractivity contribution < 1.29 is 14.7 Å². The molecule has 1 fully saturated rings. The zero-order valence-corrected chi connectivity index (χ0v) is 12.5. The largest absolute Gasteiger partial charge is 0.480 e. The van der Waals surface area contributed by atoms with E-state index in [2.05, 4.69) is 5.32 Å². The molecule has 1 aliphatic rings. The van der Waals surface area contributed by atoms with Gasteiger partial charge in [0.15, 0.2) is 0 Å². The Balaban J connectivity index is 2.47. The van der Waals surface area contributed by atoms with Crippen LogP contribution in [0, 0.1) is 0 Å². The van der Waals surface area contributed by atoms with Crippen molar-refractivity contribution in [3.63, 3.8) is 0 Å². The van der Waals surface area contributed by atoms with Crippen LogP contribution >= 0.6 is 11.8 Å². The maximum absolute atomic E-state index is 12.1. The van der Waals surface area contributed by atoms with E-state index in [0.29, 0.717) is 6.42 Å². The summed E-state index contributed by atoms with van der Waals surface area (Å²) < 4.78 is 0. The number of thioether (sulfide) groups is 1. The molecular formula is C13H24N2O3S. The summed E-state index contributed by atoms with van der Waals surface area (Å²) in [6.45, 7) is 0. The van der Waals surface area contributed by atoms with E-state index in [-0.39, 0.29) is 12.1 Å². The Bertz CT molecular complexity index is 306. The summed E-state index contributed by atoms with van der Waals surface area (Å²) in [5.74, 6) is -0.232. The fourth-order valence-electron chi connectivity index (χ4n) is 2.38. The number of amides is 2. The Labute approximate surface area is 119 Å². The second-order valence-electron chi connectivity index (χ2n) is 5.02. The Hall–Kier alpha value is -0.910. The molecule has 1 atom stereocenters. The molecule has 0 radical (unpaired) electrons. The normalized spacial score (nSPS) is 17.8. The molecule has 1 saturated carbocycles. The highest BCUT2D eigenvalue weighted by Gasteiger charge is 2.26. The minimum atomic E-state index is -0.959. The number of hydrogen-bond acceptors (Lipinski definition) is 3. The SMILES string of the molecule is CSCC[C@@H](NC(=O)N(C)C1CCCCC1)C(=O)O. The number of carboxylic acids is 1. The molecular weight excluding hydrogens is 264 g/mol. The van der Waals surface area contributed by atoms with Crippen LogP contribution in [0.5, 0.6) is 0 Å². The number of carbonyl (C=O) groups is 2. The van der Waals surface area contributed by atoms with Gasteiger partial charge in [-0.1, -0.05) is 19.3 Å². The first-order valence-corrected chi connectivity index (χ1v) is 8.20. The Morgan fingerprint density at radius 1 is 1.37 bits per heavy atom. The van der Waals surface area contributed by atoms with Crippen LogP contribution in [-0.4, -0.2) is 53.1 Å². The molecule has 2 amide bonds. The van der Waals surface area contributed by atoms with Crippen LogP contribution in [0.15, 0.2) is 0 Å². The fraction of sp³-hybridized carbons (Fsp3) is 0.846. The van der Waals surface area contributed by atoms with Gasteiger partial charge in [0, 0.05) is 13.1 Å². The fourth-order valence-corrected chi connectivity index (χ4v) is 2.85. The van der Waals surface area contributed by atoms with E-state index in [4.69, 9.17) is 5.11 Å². The van der Waals surface area contributed by atoms with Gasteiger partial charge in [-0.15, -0.1) is 0 Å². The zero-order chi connectivity index (χ0) is 14.3. The predicted octanol–water partition coefficient (Wildman–Crippen LogP) is 2.17. The summed E-state index contributed by atoms with van der Waals surface area (Å²) >= 11 is 1.58. The lowest BCUT2D eigenvalue weighted by Gasteiger charge is -2.32. The van der Waals surface area contributed by atoms with E-state index in [1.54, 1.807) is 23.7 Å². The third-order valence-electron chi connectivity index (χ3n) is 3.65. The summed E-state index contributed by atoms with van der Waals surface area (Å²) in [5.41, 5.74) is 0. The summed E-state index contributed by atoms with van der Waals surface area (Å²) in [5, 5.41) is 11.7. The number of urea groups is 1. The molecule has 1 rings (SSSR count). The minimum Gasteiger partial charge on any atom is -0.480 e. The highest BCUT2D eigenvalue weighted by Crippen LogP contribution is 2.21. The van der Waals surface area contributed by atoms with E-state index in [1.807, 2.05) is 6.26 Å². The number of aliphatic carboxylic acids is 1. The van der Waals surface area contributed by atoms with E-state index in [9.17, 15) is 9.59 Å². The molecule has 0 heterocycles. The molecule has 19 heavy (non-hydrogen) atoms. The summed E-state index contributed by atoms with van der Waals surface area (Å²) in [6, 6.07) is -0.796. The first-order chi connectivity index (χ1) is 9.06. The third-order valence-corrected chi connectivity index (χ3v) is 4.29. The Kier molecular flexibility index (Phi) is 7.05. The first-order valence-electron chi connectivity index (χ1n) is 6.81. The smallest absolute Gasteiger partial charge is 0.326 e. The highest BCUT2D eigenvalue weighted by molar-refractivity contribution is 7.98. The third kappa shape index (κ3) is 5.30. The summed E-state index contributed by atoms with van der Waals surface area (Å²) in [7, 11) is 1.76. The summed E-state index contributed by atoms with van der Waals surface area (Å²) in [6.07, 6.45) is 7.96. The number of rotatable bonds is 6. The molecule has 0 spiro atoms. The topological polar surface area (TPSA) is 69.6 Å². The van der Waals surface area contributed by atoms with Crippen LogP contribution < -0.4 is 5.32 Å². The van der Waals surface area contributed by atoms with Crippen LogP contribution in [0.4, 0.5) is 4.79 Å². The van der Waals surface area contributed by atoms with Gasteiger partial charge in [0.2, 0.25) is 0 Å². The van der Waals surface area contributed by atoms with Crippen molar-refractivity contribution >= 4 is 23.8 Å². The van der Waals surface area contributed by atoms with Gasteiger partial charge in [-0.05, 0) is 31.3 Å². The van der Waals surface area contributed by atoms with E-state index < -0.39 is 12.0 Å². The van der Waals surface area contributed by atoms with Crippen molar-refractivity contribution in [2.45, 2.75) is 50.6 Å². The molecule has 0 aliphatic heterocycles. The maximum Gasteiger partial charge on any atom is 0.326 e. The van der Waals surface area contributed by atoms with Gasteiger partial charge >= 0.3 is 12.0 Å². The molecule has 0 unspecified atom stereocenters. The van der Waals surface area contributed by atoms with E-state index in [1.165, 1.54) is 6.42 Å². The van der Waals surface area contributed by atoms with E-state index in [0.717, 1.165) is 31.4 Å². The van der Waals surface area contributed by atoms with Crippen LogP contribution in [-0.2, 0) is 4.79 Å². The van der Waals surface area contributed by atoms with E-state index >= 15 is 0 Å². The molecule has 0 aromatic carbocycles. The minimum absolute atomic E-state index is 0.253. The molecule has 0 aromatic heterocycles. The first kappa shape index (κ1) is 16.1. The Morgan fingerprint density at radius 2 is 2.00 bits per heavy atom. The van der Waals surface area contributed by atoms with Crippen LogP contribution in [0.3, 0.4) is 0 Å². The lowest BCUT2D eigenvalue weighted by molar-refractivity contribution is -0.139. The van der Waals surface area contributed by atoms with Crippen molar-refractivity contribution in [3.05, 3.63) is 0 Å². The van der Waals surface area contributed by atoms with Crippen molar-refractivity contribution in [2.24, 2.45) is 0 Å². The quantitative estimate of drug-likeness (QED) is 0.786. The van der Waals surface area contributed by atoms with Gasteiger partial charge in [0.25, 0.3) is 0 Å². The molecule has 110 valence electrons. The molecule has 5 nitrogen and oxygen atoms in total. The van der Waals surface area contributed by atoms with Crippen LogP contribution in [0.2, 0.25) is 0 Å². The van der Waals surface area contributed by atoms with Gasteiger partial charge in [0.05, 0.1) is 0 Å². The highest BCUT2D eigenvalue weighted by atomic mass is 32.2. The number of carbonyl (C=O) groups excluding carboxylic acids is 1. The number of hydrogen-bond donors (Lipinski definition) is 2. The molecule has 2 N–H and O–H groups in total. The average molecular weight is 288 g/mol. The van der Waals surface area contributed by atoms with Gasteiger partial charge in [0.1, 0.15) is 6.04 Å². The number of carboxylic acid groups (broad SMARTS) is 1. The van der Waals surface area contributed by atoms with Crippen LogP contribution in [0.1, 0.15) is 38.5 Å².